The molecular weight excluding hydrogens is 621 g/mol. The number of benzene rings is 3. The van der Waals surface area contributed by atoms with Crippen molar-refractivity contribution in [1.82, 2.24) is 4.90 Å². The summed E-state index contributed by atoms with van der Waals surface area (Å²) in [4.78, 5) is 52.3. The van der Waals surface area contributed by atoms with Crippen molar-refractivity contribution in [3.8, 4) is 0 Å². The number of thioether (sulfide) groups is 1. The molecule has 0 aromatic heterocycles. The number of para-hydroxylation sites is 1. The van der Waals surface area contributed by atoms with Gasteiger partial charge in [0, 0.05) is 48.0 Å². The van der Waals surface area contributed by atoms with Crippen LogP contribution in [0, 0.1) is 11.8 Å². The molecule has 0 bridgehead atoms. The van der Waals surface area contributed by atoms with Gasteiger partial charge >= 0.3 is 0 Å². The first-order chi connectivity index (χ1) is 23.3. The molecule has 2 fully saturated rings. The van der Waals surface area contributed by atoms with E-state index in [4.69, 9.17) is 0 Å². The van der Waals surface area contributed by atoms with E-state index in [1.54, 1.807) is 26.5 Å². The molecule has 0 saturated carbocycles. The molecule has 1 spiro atoms. The number of hydrogen-bond donors (Lipinski definition) is 1. The Labute approximate surface area is 286 Å². The predicted molar refractivity (Wildman–Crippen MR) is 192 cm³/mol. The maximum atomic E-state index is 15.1. The minimum Gasteiger partial charge on any atom is -0.394 e. The minimum absolute atomic E-state index is 0.133. The van der Waals surface area contributed by atoms with Gasteiger partial charge in [-0.25, -0.2) is 0 Å². The fourth-order valence-corrected chi connectivity index (χ4v) is 10.5. The lowest BCUT2D eigenvalue weighted by molar-refractivity contribution is -0.142. The Balaban J connectivity index is 1.36. The highest BCUT2D eigenvalue weighted by Crippen LogP contribution is 2.66. The van der Waals surface area contributed by atoms with Gasteiger partial charge in [0.15, 0.2) is 0 Å². The Bertz CT molecular complexity index is 1740. The van der Waals surface area contributed by atoms with Crippen molar-refractivity contribution in [2.24, 2.45) is 11.8 Å². The van der Waals surface area contributed by atoms with E-state index in [2.05, 4.69) is 24.8 Å². The smallest absolute Gasteiger partial charge is 0.251 e. The molecule has 4 heterocycles. The number of hydrogen-bond acceptors (Lipinski definition) is 6. The number of fused-ring (bicyclic) bond motifs is 2. The van der Waals surface area contributed by atoms with Crippen LogP contribution in [0.1, 0.15) is 32.4 Å². The third kappa shape index (κ3) is 4.98. The van der Waals surface area contributed by atoms with E-state index in [1.807, 2.05) is 110 Å². The van der Waals surface area contributed by atoms with E-state index in [0.717, 1.165) is 35.7 Å². The summed E-state index contributed by atoms with van der Waals surface area (Å²) >= 11 is 1.55. The van der Waals surface area contributed by atoms with Crippen LogP contribution in [-0.4, -0.2) is 76.0 Å². The van der Waals surface area contributed by atoms with Crippen molar-refractivity contribution >= 4 is 46.5 Å². The fraction of sp³-hybridized carbons (Fsp3) is 0.359. The van der Waals surface area contributed by atoms with Crippen LogP contribution in [0.5, 0.6) is 0 Å². The Morgan fingerprint density at radius 1 is 0.771 bits per heavy atom. The molecule has 4 aliphatic rings. The Morgan fingerprint density at radius 3 is 1.98 bits per heavy atom. The van der Waals surface area contributed by atoms with Crippen LogP contribution < -0.4 is 14.7 Å². The SMILES string of the molecule is CCN(CC)c1ccc(N2CC=C[C@]34S[C@]5(C)C=CCN(c6ccccc6)C(=O)[C@@H]5[C@H]3C(=O)N([C@H](CO)c3ccccc3)C4C2=O)cc1. The number of rotatable bonds is 8. The lowest BCUT2D eigenvalue weighted by atomic mass is 9.74. The molecule has 3 amide bonds. The van der Waals surface area contributed by atoms with Crippen LogP contribution >= 0.6 is 11.8 Å². The van der Waals surface area contributed by atoms with Gasteiger partial charge in [-0.1, -0.05) is 72.8 Å². The van der Waals surface area contributed by atoms with Gasteiger partial charge in [0.1, 0.15) is 6.04 Å². The molecule has 6 atom stereocenters. The molecule has 2 saturated heterocycles. The van der Waals surface area contributed by atoms with E-state index in [1.165, 1.54) is 0 Å². The highest BCUT2D eigenvalue weighted by Gasteiger charge is 2.74. The minimum atomic E-state index is -1.04. The summed E-state index contributed by atoms with van der Waals surface area (Å²) in [6.07, 6.45) is 8.10. The van der Waals surface area contributed by atoms with Crippen LogP contribution in [0.4, 0.5) is 17.1 Å². The van der Waals surface area contributed by atoms with Gasteiger partial charge in [-0.3, -0.25) is 14.4 Å². The first-order valence-corrected chi connectivity index (χ1v) is 17.7. The number of aliphatic hydroxyl groups excluding tert-OH is 1. The first kappa shape index (κ1) is 32.2. The Hall–Kier alpha value is -4.34. The van der Waals surface area contributed by atoms with Crippen molar-refractivity contribution in [3.05, 3.63) is 115 Å². The Kier molecular flexibility index (Phi) is 8.46. The molecule has 3 aromatic rings. The van der Waals surface area contributed by atoms with Crippen molar-refractivity contribution < 1.29 is 19.5 Å². The summed E-state index contributed by atoms with van der Waals surface area (Å²) in [7, 11) is 0. The molecule has 4 aliphatic heterocycles. The van der Waals surface area contributed by atoms with Gasteiger partial charge in [0.25, 0.3) is 5.91 Å². The number of carbonyl (C=O) groups is 3. The largest absolute Gasteiger partial charge is 0.394 e. The molecule has 1 unspecified atom stereocenters. The summed E-state index contributed by atoms with van der Waals surface area (Å²) in [6.45, 7) is 8.37. The van der Waals surface area contributed by atoms with E-state index in [0.29, 0.717) is 13.1 Å². The molecule has 8 nitrogen and oxygen atoms in total. The quantitative estimate of drug-likeness (QED) is 0.323. The van der Waals surface area contributed by atoms with Crippen molar-refractivity contribution in [2.75, 3.05) is 47.5 Å². The Morgan fingerprint density at radius 2 is 1.35 bits per heavy atom. The molecule has 0 radical (unpaired) electrons. The van der Waals surface area contributed by atoms with E-state index in [9.17, 15) is 9.90 Å². The lowest BCUT2D eigenvalue weighted by Gasteiger charge is -2.40. The molecule has 1 N–H and O–H groups in total. The van der Waals surface area contributed by atoms with Crippen LogP contribution in [0.3, 0.4) is 0 Å². The predicted octanol–water partition coefficient (Wildman–Crippen LogP) is 5.46. The second-order valence-corrected chi connectivity index (χ2v) is 14.9. The van der Waals surface area contributed by atoms with Gasteiger partial charge in [-0.05, 0) is 62.7 Å². The standard InChI is InChI=1S/C39H42N4O4S/c1-4-40(5-2)28-18-20-30(21-19-28)42-25-13-23-39-33(36(46)43(34(39)37(42)47)31(26-44)27-14-8-6-9-15-27)32-35(45)41(29-16-10-7-11-17-29)24-12-22-38(32,3)48-39/h6-23,31-34,44H,4-5,24-26H2,1-3H3/t31-,32+,33+,34?,38-,39+/m1/s1. The van der Waals surface area contributed by atoms with E-state index < -0.39 is 33.4 Å². The van der Waals surface area contributed by atoms with Gasteiger partial charge in [0.05, 0.1) is 29.2 Å². The van der Waals surface area contributed by atoms with Crippen LogP contribution in [-0.2, 0) is 14.4 Å². The average molecular weight is 663 g/mol. The number of amides is 3. The van der Waals surface area contributed by atoms with Crippen molar-refractivity contribution in [3.63, 3.8) is 0 Å². The number of likely N-dealkylation sites (tertiary alicyclic amines) is 1. The maximum absolute atomic E-state index is 15.1. The third-order valence-electron chi connectivity index (χ3n) is 10.5. The molecule has 3 aromatic carbocycles. The normalized spacial score (nSPS) is 28.5. The molecular formula is C39H42N4O4S. The van der Waals surface area contributed by atoms with E-state index in [-0.39, 0.29) is 24.3 Å². The van der Waals surface area contributed by atoms with Crippen molar-refractivity contribution in [2.45, 2.75) is 42.3 Å². The topological polar surface area (TPSA) is 84.4 Å². The van der Waals surface area contributed by atoms with Crippen molar-refractivity contribution in [1.29, 1.82) is 0 Å². The molecule has 7 rings (SSSR count). The first-order valence-electron chi connectivity index (χ1n) is 16.8. The molecule has 48 heavy (non-hydrogen) atoms. The molecule has 0 aliphatic carbocycles. The number of carbonyl (C=O) groups excluding carboxylic acids is 3. The van der Waals surface area contributed by atoms with Gasteiger partial charge in [0.2, 0.25) is 11.8 Å². The zero-order chi connectivity index (χ0) is 33.6. The summed E-state index contributed by atoms with van der Waals surface area (Å²) in [5.74, 6) is -2.18. The van der Waals surface area contributed by atoms with Crippen LogP contribution in [0.25, 0.3) is 0 Å². The average Bonchev–Trinajstić information content (AvgIpc) is 3.38. The van der Waals surface area contributed by atoms with Gasteiger partial charge < -0.3 is 24.7 Å². The highest BCUT2D eigenvalue weighted by atomic mass is 32.2. The number of anilines is 3. The maximum Gasteiger partial charge on any atom is 0.251 e. The van der Waals surface area contributed by atoms with Gasteiger partial charge in [-0.2, -0.15) is 0 Å². The summed E-state index contributed by atoms with van der Waals surface area (Å²) in [5.41, 5.74) is 3.33. The molecule has 9 heteroatoms. The zero-order valence-corrected chi connectivity index (χ0v) is 28.4. The number of aliphatic hydroxyl groups is 1. The second kappa shape index (κ2) is 12.6. The lowest BCUT2D eigenvalue weighted by Crippen LogP contribution is -2.54. The van der Waals surface area contributed by atoms with Crippen LogP contribution in [0.15, 0.2) is 109 Å². The fourth-order valence-electron chi connectivity index (χ4n) is 8.33. The number of nitrogens with zero attached hydrogens (tertiary/aromatic N) is 4. The summed E-state index contributed by atoms with van der Waals surface area (Å²) < 4.78 is -1.77. The zero-order valence-electron chi connectivity index (χ0n) is 27.6. The summed E-state index contributed by atoms with van der Waals surface area (Å²) in [6, 6.07) is 25.2. The third-order valence-corrected chi connectivity index (χ3v) is 12.3. The summed E-state index contributed by atoms with van der Waals surface area (Å²) in [5, 5.41) is 10.9. The van der Waals surface area contributed by atoms with Gasteiger partial charge in [-0.15, -0.1) is 11.8 Å². The monoisotopic (exact) mass is 662 g/mol. The van der Waals surface area contributed by atoms with E-state index >= 15 is 9.59 Å². The second-order valence-electron chi connectivity index (χ2n) is 13.1. The molecule has 248 valence electrons. The highest BCUT2D eigenvalue weighted by molar-refractivity contribution is 8.02. The van der Waals surface area contributed by atoms with Crippen LogP contribution in [0.2, 0.25) is 0 Å².